The van der Waals surface area contributed by atoms with Crippen molar-refractivity contribution < 1.29 is 23.5 Å². The van der Waals surface area contributed by atoms with Gasteiger partial charge in [0.2, 0.25) is 0 Å². The molecule has 0 aliphatic heterocycles. The van der Waals surface area contributed by atoms with Crippen molar-refractivity contribution in [2.75, 3.05) is 20.3 Å². The van der Waals surface area contributed by atoms with Gasteiger partial charge in [-0.3, -0.25) is 0 Å². The summed E-state index contributed by atoms with van der Waals surface area (Å²) in [5.41, 5.74) is 1.33. The van der Waals surface area contributed by atoms with Gasteiger partial charge in [-0.2, -0.15) is 13.9 Å². The van der Waals surface area contributed by atoms with Gasteiger partial charge >= 0.3 is 13.9 Å². The van der Waals surface area contributed by atoms with Gasteiger partial charge in [0.1, 0.15) is 0 Å². The molecule has 106 valence electrons. The van der Waals surface area contributed by atoms with Gasteiger partial charge in [-0.25, -0.2) is 4.79 Å². The molecule has 1 rings (SSSR count). The van der Waals surface area contributed by atoms with Crippen molar-refractivity contribution in [3.05, 3.63) is 35.4 Å². The first kappa shape index (κ1) is 16.1. The SMILES string of the molecule is CCO[P+](O)(Cc1ccc(C(=O)OC)cc1)OCC. The number of rotatable bonds is 7. The van der Waals surface area contributed by atoms with E-state index >= 15 is 0 Å². The van der Waals surface area contributed by atoms with Crippen molar-refractivity contribution in [1.82, 2.24) is 0 Å². The standard InChI is InChI=1S/C13H20O5P/c1-4-17-19(15,18-5-2)10-11-6-8-12(9-7-11)13(14)16-3/h6-9,15H,4-5,10H2,1-3H3/q+1. The Morgan fingerprint density at radius 3 is 2.11 bits per heavy atom. The number of hydrogen-bond acceptors (Lipinski definition) is 5. The van der Waals surface area contributed by atoms with Gasteiger partial charge in [-0.15, -0.1) is 0 Å². The summed E-state index contributed by atoms with van der Waals surface area (Å²) in [5, 5.41) is 0. The van der Waals surface area contributed by atoms with Crippen LogP contribution in [0, 0.1) is 0 Å². The minimum Gasteiger partial charge on any atom is -0.465 e. The van der Waals surface area contributed by atoms with Crippen LogP contribution in [0.25, 0.3) is 0 Å². The van der Waals surface area contributed by atoms with Crippen molar-refractivity contribution in [2.24, 2.45) is 0 Å². The molecule has 0 heterocycles. The molecule has 0 saturated heterocycles. The zero-order chi connectivity index (χ0) is 14.3. The predicted octanol–water partition coefficient (Wildman–Crippen LogP) is 2.80. The van der Waals surface area contributed by atoms with E-state index in [1.54, 1.807) is 24.3 Å². The summed E-state index contributed by atoms with van der Waals surface area (Å²) in [7, 11) is -1.52. The molecule has 0 radical (unpaired) electrons. The number of esters is 1. The Morgan fingerprint density at radius 2 is 1.68 bits per heavy atom. The van der Waals surface area contributed by atoms with E-state index < -0.39 is 7.94 Å². The van der Waals surface area contributed by atoms with E-state index in [9.17, 15) is 9.69 Å². The molecule has 0 saturated carbocycles. The Bertz CT molecular complexity index is 398. The summed E-state index contributed by atoms with van der Waals surface area (Å²) < 4.78 is 15.3. The lowest BCUT2D eigenvalue weighted by molar-refractivity contribution is 0.0600. The first-order valence-electron chi connectivity index (χ1n) is 6.11. The van der Waals surface area contributed by atoms with Crippen LogP contribution in [-0.4, -0.2) is 31.2 Å². The average Bonchev–Trinajstić information content (AvgIpc) is 2.39. The van der Waals surface area contributed by atoms with Crippen molar-refractivity contribution in [3.8, 4) is 0 Å². The molecule has 0 spiro atoms. The van der Waals surface area contributed by atoms with Gasteiger partial charge in [-0.1, -0.05) is 12.1 Å². The van der Waals surface area contributed by atoms with Crippen LogP contribution >= 0.6 is 7.94 Å². The van der Waals surface area contributed by atoms with E-state index in [2.05, 4.69) is 4.74 Å². The molecule has 0 amide bonds. The molecule has 6 heteroatoms. The molecule has 1 aromatic carbocycles. The maximum atomic E-state index is 11.3. The first-order chi connectivity index (χ1) is 9.04. The number of methoxy groups -OCH3 is 1. The fourth-order valence-corrected chi connectivity index (χ4v) is 3.36. The summed E-state index contributed by atoms with van der Waals surface area (Å²) in [6.07, 6.45) is 0.302. The van der Waals surface area contributed by atoms with Crippen LogP contribution in [0.3, 0.4) is 0 Å². The van der Waals surface area contributed by atoms with Crippen molar-refractivity contribution in [2.45, 2.75) is 20.0 Å². The highest BCUT2D eigenvalue weighted by atomic mass is 31.2. The van der Waals surface area contributed by atoms with Crippen molar-refractivity contribution >= 4 is 13.9 Å². The lowest BCUT2D eigenvalue weighted by atomic mass is 10.1. The Kier molecular flexibility index (Phi) is 6.38. The molecule has 19 heavy (non-hydrogen) atoms. The van der Waals surface area contributed by atoms with Crippen LogP contribution in [0.2, 0.25) is 0 Å². The second kappa shape index (κ2) is 7.56. The fourth-order valence-electron chi connectivity index (χ4n) is 1.63. The lowest BCUT2D eigenvalue weighted by Gasteiger charge is -2.15. The largest absolute Gasteiger partial charge is 0.465 e. The Balaban J connectivity index is 2.77. The maximum Gasteiger partial charge on any atom is 0.413 e. The fraction of sp³-hybridized carbons (Fsp3) is 0.462. The van der Waals surface area contributed by atoms with E-state index in [-0.39, 0.29) is 5.97 Å². The van der Waals surface area contributed by atoms with Crippen LogP contribution < -0.4 is 0 Å². The van der Waals surface area contributed by atoms with E-state index in [1.807, 2.05) is 13.8 Å². The molecular weight excluding hydrogens is 267 g/mol. The van der Waals surface area contributed by atoms with E-state index in [0.29, 0.717) is 24.9 Å². The second-order valence-corrected chi connectivity index (χ2v) is 5.93. The Morgan fingerprint density at radius 1 is 1.16 bits per heavy atom. The molecule has 0 bridgehead atoms. The van der Waals surface area contributed by atoms with E-state index in [1.165, 1.54) is 7.11 Å². The molecule has 1 aromatic rings. The number of hydrogen-bond donors (Lipinski definition) is 1. The summed E-state index contributed by atoms with van der Waals surface area (Å²) >= 11 is 0. The molecule has 0 fully saturated rings. The number of ether oxygens (including phenoxy) is 1. The normalized spacial score (nSPS) is 11.4. The number of carbonyl (C=O) groups is 1. The summed E-state index contributed by atoms with van der Waals surface area (Å²) in [5.74, 6) is -0.383. The van der Waals surface area contributed by atoms with E-state index in [4.69, 9.17) is 9.05 Å². The van der Waals surface area contributed by atoms with Gasteiger partial charge < -0.3 is 4.74 Å². The molecule has 0 aliphatic rings. The number of carbonyl (C=O) groups excluding carboxylic acids is 1. The molecule has 5 nitrogen and oxygen atoms in total. The first-order valence-corrected chi connectivity index (χ1v) is 7.88. The monoisotopic (exact) mass is 287 g/mol. The van der Waals surface area contributed by atoms with Crippen LogP contribution in [0.15, 0.2) is 24.3 Å². The highest BCUT2D eigenvalue weighted by molar-refractivity contribution is 7.59. The van der Waals surface area contributed by atoms with Crippen LogP contribution in [0.5, 0.6) is 0 Å². The molecule has 0 unspecified atom stereocenters. The number of benzene rings is 1. The average molecular weight is 287 g/mol. The highest BCUT2D eigenvalue weighted by Crippen LogP contribution is 2.59. The molecule has 0 aliphatic carbocycles. The quantitative estimate of drug-likeness (QED) is 0.617. The third kappa shape index (κ3) is 4.88. The van der Waals surface area contributed by atoms with Gasteiger partial charge in [0.25, 0.3) is 0 Å². The van der Waals surface area contributed by atoms with Crippen LogP contribution in [-0.2, 0) is 19.9 Å². The summed E-state index contributed by atoms with van der Waals surface area (Å²) in [6.45, 7) is 4.41. The lowest BCUT2D eigenvalue weighted by Crippen LogP contribution is -2.06. The third-order valence-electron chi connectivity index (χ3n) is 2.42. The minimum atomic E-state index is -2.85. The van der Waals surface area contributed by atoms with Gasteiger partial charge in [-0.05, 0) is 31.5 Å². The topological polar surface area (TPSA) is 65.0 Å². The van der Waals surface area contributed by atoms with Gasteiger partial charge in [0.05, 0.1) is 25.9 Å². The summed E-state index contributed by atoms with van der Waals surface area (Å²) in [6, 6.07) is 6.83. The molecule has 1 N–H and O–H groups in total. The molecule has 0 atom stereocenters. The minimum absolute atomic E-state index is 0.302. The molecular formula is C13H20O5P+. The van der Waals surface area contributed by atoms with E-state index in [0.717, 1.165) is 5.56 Å². The smallest absolute Gasteiger partial charge is 0.413 e. The Labute approximate surface area is 114 Å². The van der Waals surface area contributed by atoms with Crippen molar-refractivity contribution in [1.29, 1.82) is 0 Å². The van der Waals surface area contributed by atoms with Crippen molar-refractivity contribution in [3.63, 3.8) is 0 Å². The summed E-state index contributed by atoms with van der Waals surface area (Å²) in [4.78, 5) is 21.6. The zero-order valence-electron chi connectivity index (χ0n) is 11.5. The third-order valence-corrected chi connectivity index (χ3v) is 4.51. The predicted molar refractivity (Wildman–Crippen MR) is 73.9 cm³/mol. The maximum absolute atomic E-state index is 11.3. The zero-order valence-corrected chi connectivity index (χ0v) is 12.4. The highest BCUT2D eigenvalue weighted by Gasteiger charge is 2.40. The van der Waals surface area contributed by atoms with Gasteiger partial charge in [0, 0.05) is 0 Å². The van der Waals surface area contributed by atoms with Crippen LogP contribution in [0.1, 0.15) is 29.8 Å². The Hall–Kier alpha value is -1.00. The van der Waals surface area contributed by atoms with Gasteiger partial charge in [0.15, 0.2) is 6.16 Å². The van der Waals surface area contributed by atoms with Crippen LogP contribution in [0.4, 0.5) is 0 Å². The second-order valence-electron chi connectivity index (χ2n) is 3.82. The molecule has 0 aromatic heterocycles.